The van der Waals surface area contributed by atoms with Crippen molar-refractivity contribution in [2.45, 2.75) is 49.2 Å². The number of nitrogens with two attached hydrogens (primary N) is 1. The summed E-state index contributed by atoms with van der Waals surface area (Å²) in [4.78, 5) is 38.0. The van der Waals surface area contributed by atoms with E-state index in [0.717, 1.165) is 17.0 Å². The number of rotatable bonds is 7. The Morgan fingerprint density at radius 3 is 2.61 bits per heavy atom. The van der Waals surface area contributed by atoms with E-state index < -0.39 is 66.3 Å². The van der Waals surface area contributed by atoms with Gasteiger partial charge < -0.3 is 31.7 Å². The average Bonchev–Trinajstić information content (AvgIpc) is 3.26. The summed E-state index contributed by atoms with van der Waals surface area (Å²) in [6, 6.07) is 4.43. The summed E-state index contributed by atoms with van der Waals surface area (Å²) >= 11 is 7.05. The molecule has 178 valence electrons. The minimum Gasteiger partial charge on any atom is -0.390 e. The van der Waals surface area contributed by atoms with E-state index in [0.29, 0.717) is 0 Å². The zero-order valence-electron chi connectivity index (χ0n) is 17.2. The first kappa shape index (κ1) is 25.1. The zero-order chi connectivity index (χ0) is 24.3. The molecule has 1 heterocycles. The number of aliphatic hydroxyl groups excluding tert-OH is 2. The first-order valence-corrected chi connectivity index (χ1v) is 11.2. The summed E-state index contributed by atoms with van der Waals surface area (Å²) in [7, 11) is 0. The van der Waals surface area contributed by atoms with Gasteiger partial charge in [0.2, 0.25) is 5.91 Å². The van der Waals surface area contributed by atoms with Crippen molar-refractivity contribution in [1.82, 2.24) is 10.6 Å². The van der Waals surface area contributed by atoms with Crippen LogP contribution in [0.5, 0.6) is 0 Å². The lowest BCUT2D eigenvalue weighted by Gasteiger charge is -2.41. The smallest absolute Gasteiger partial charge is 0.252 e. The van der Waals surface area contributed by atoms with Gasteiger partial charge in [-0.15, -0.1) is 11.3 Å². The van der Waals surface area contributed by atoms with E-state index >= 15 is 0 Å². The normalized spacial score (nSPS) is 25.8. The van der Waals surface area contributed by atoms with Gasteiger partial charge in [0.1, 0.15) is 23.6 Å². The molecule has 1 saturated carbocycles. The topological polar surface area (TPSA) is 162 Å². The number of primary amides is 1. The minimum atomic E-state index is -2.21. The molecule has 1 aromatic heterocycles. The van der Waals surface area contributed by atoms with Gasteiger partial charge in [0.15, 0.2) is 0 Å². The van der Waals surface area contributed by atoms with Crippen LogP contribution < -0.4 is 16.4 Å². The van der Waals surface area contributed by atoms with Crippen LogP contribution in [0.1, 0.15) is 28.1 Å². The van der Waals surface area contributed by atoms with Crippen molar-refractivity contribution < 1.29 is 34.1 Å². The van der Waals surface area contributed by atoms with Gasteiger partial charge in [-0.25, -0.2) is 4.39 Å². The second-order valence-electron chi connectivity index (χ2n) is 7.92. The highest BCUT2D eigenvalue weighted by Crippen LogP contribution is 2.30. The second-order valence-corrected chi connectivity index (χ2v) is 9.36. The predicted octanol–water partition coefficient (Wildman–Crippen LogP) is 0.0985. The van der Waals surface area contributed by atoms with E-state index in [4.69, 9.17) is 17.3 Å². The third kappa shape index (κ3) is 5.87. The Hall–Kier alpha value is -2.57. The van der Waals surface area contributed by atoms with Gasteiger partial charge in [-0.3, -0.25) is 14.4 Å². The monoisotopic (exact) mass is 499 g/mol. The molecule has 1 aromatic carbocycles. The summed E-state index contributed by atoms with van der Waals surface area (Å²) in [5.74, 6) is -3.27. The van der Waals surface area contributed by atoms with E-state index in [1.54, 1.807) is 17.5 Å². The lowest BCUT2D eigenvalue weighted by atomic mass is 9.77. The first-order valence-electron chi connectivity index (χ1n) is 9.97. The Balaban J connectivity index is 1.73. The highest BCUT2D eigenvalue weighted by Gasteiger charge is 2.49. The molecule has 2 aromatic rings. The number of carbonyl (C=O) groups is 3. The number of amides is 3. The van der Waals surface area contributed by atoms with Gasteiger partial charge in [0.25, 0.3) is 11.8 Å². The maximum Gasteiger partial charge on any atom is 0.252 e. The molecule has 0 radical (unpaired) electrons. The number of carbonyl (C=O) groups excluding carboxylic acids is 3. The molecule has 7 N–H and O–H groups in total. The van der Waals surface area contributed by atoms with Crippen molar-refractivity contribution in [1.29, 1.82) is 0 Å². The molecule has 1 aliphatic rings. The highest BCUT2D eigenvalue weighted by atomic mass is 35.5. The fourth-order valence-electron chi connectivity index (χ4n) is 3.66. The Kier molecular flexibility index (Phi) is 7.70. The van der Waals surface area contributed by atoms with E-state index in [2.05, 4.69) is 10.6 Å². The number of aliphatic hydroxyl groups is 3. The third-order valence-corrected chi connectivity index (χ3v) is 6.65. The number of halogens is 2. The summed E-state index contributed by atoms with van der Waals surface area (Å²) in [6.07, 6.45) is -3.91. The van der Waals surface area contributed by atoms with E-state index in [1.165, 1.54) is 17.4 Å². The molecular formula is C21H23ClFN3O6S. The fourth-order valence-corrected chi connectivity index (χ4v) is 4.59. The Morgan fingerprint density at radius 1 is 1.27 bits per heavy atom. The van der Waals surface area contributed by atoms with Crippen molar-refractivity contribution >= 4 is 40.7 Å². The molecule has 33 heavy (non-hydrogen) atoms. The third-order valence-electron chi connectivity index (χ3n) is 5.47. The quantitative estimate of drug-likeness (QED) is 0.316. The number of hydrogen-bond donors (Lipinski definition) is 6. The molecule has 5 atom stereocenters. The predicted molar refractivity (Wildman–Crippen MR) is 118 cm³/mol. The molecule has 0 bridgehead atoms. The molecule has 12 heteroatoms. The Bertz CT molecular complexity index is 1040. The number of thiophene rings is 1. The largest absolute Gasteiger partial charge is 0.390 e. The SMILES string of the molecule is NC(=O)[C@H](Cc1cccs1)NC(=O)[C@@]1(O)C[C@@H](O)[C@H](O)[C@@H](NC(=O)c2ccc(F)c(Cl)c2)C1. The van der Waals surface area contributed by atoms with Gasteiger partial charge >= 0.3 is 0 Å². The van der Waals surface area contributed by atoms with Crippen LogP contribution >= 0.6 is 22.9 Å². The van der Waals surface area contributed by atoms with Crippen molar-refractivity contribution in [3.8, 4) is 0 Å². The van der Waals surface area contributed by atoms with Crippen molar-refractivity contribution in [3.05, 3.63) is 57.0 Å². The Morgan fingerprint density at radius 2 is 2.00 bits per heavy atom. The number of benzene rings is 1. The van der Waals surface area contributed by atoms with Crippen molar-refractivity contribution in [3.63, 3.8) is 0 Å². The van der Waals surface area contributed by atoms with Crippen LogP contribution in [0.25, 0.3) is 0 Å². The van der Waals surface area contributed by atoms with E-state index in [-0.39, 0.29) is 17.0 Å². The molecule has 0 spiro atoms. The molecular weight excluding hydrogens is 477 g/mol. The maximum atomic E-state index is 13.4. The van der Waals surface area contributed by atoms with Crippen molar-refractivity contribution in [2.24, 2.45) is 5.73 Å². The number of hydrogen-bond acceptors (Lipinski definition) is 7. The molecule has 0 unspecified atom stereocenters. The van der Waals surface area contributed by atoms with E-state index in [1.807, 2.05) is 0 Å². The zero-order valence-corrected chi connectivity index (χ0v) is 18.8. The van der Waals surface area contributed by atoms with Crippen LogP contribution in [-0.2, 0) is 16.0 Å². The van der Waals surface area contributed by atoms with Crippen LogP contribution in [-0.4, -0.2) is 62.9 Å². The molecule has 1 aliphatic carbocycles. The maximum absolute atomic E-state index is 13.4. The average molecular weight is 500 g/mol. The van der Waals surface area contributed by atoms with Gasteiger partial charge in [-0.05, 0) is 29.6 Å². The minimum absolute atomic E-state index is 0.0219. The standard InChI is InChI=1S/C21H23ClFN3O6S/c22-12-6-10(3-4-13(12)23)19(30)25-15-8-21(32,9-16(27)17(15)28)20(31)26-14(18(24)29)7-11-2-1-5-33-11/h1-6,14-17,27-28,32H,7-9H2,(H2,24,29)(H,25,30)(H,26,31)/t14-,15-,16+,17+,21-/m0/s1. The second kappa shape index (κ2) is 10.1. The van der Waals surface area contributed by atoms with Crippen molar-refractivity contribution in [2.75, 3.05) is 0 Å². The highest BCUT2D eigenvalue weighted by molar-refractivity contribution is 7.09. The van der Waals surface area contributed by atoms with Crippen LogP contribution in [0.3, 0.4) is 0 Å². The van der Waals surface area contributed by atoms with Gasteiger partial charge in [-0.1, -0.05) is 17.7 Å². The Labute approximate surface area is 197 Å². The lowest BCUT2D eigenvalue weighted by molar-refractivity contribution is -0.159. The summed E-state index contributed by atoms with van der Waals surface area (Å²) in [5, 5.41) is 37.9. The van der Waals surface area contributed by atoms with Gasteiger partial charge in [0, 0.05) is 29.7 Å². The molecule has 0 saturated heterocycles. The van der Waals surface area contributed by atoms with Gasteiger partial charge in [0.05, 0.1) is 17.2 Å². The molecule has 3 rings (SSSR count). The van der Waals surface area contributed by atoms with Crippen LogP contribution in [0, 0.1) is 5.82 Å². The summed E-state index contributed by atoms with van der Waals surface area (Å²) in [5.41, 5.74) is 3.16. The summed E-state index contributed by atoms with van der Waals surface area (Å²) in [6.45, 7) is 0. The molecule has 1 fully saturated rings. The first-order chi connectivity index (χ1) is 15.5. The summed E-state index contributed by atoms with van der Waals surface area (Å²) < 4.78 is 13.4. The lowest BCUT2D eigenvalue weighted by Crippen LogP contribution is -2.64. The fraction of sp³-hybridized carbons (Fsp3) is 0.381. The van der Waals surface area contributed by atoms with Gasteiger partial charge in [-0.2, -0.15) is 0 Å². The van der Waals surface area contributed by atoms with Crippen LogP contribution in [0.4, 0.5) is 4.39 Å². The number of nitrogens with one attached hydrogen (secondary N) is 2. The molecule has 0 aliphatic heterocycles. The van der Waals surface area contributed by atoms with Crippen LogP contribution in [0.15, 0.2) is 35.7 Å². The van der Waals surface area contributed by atoms with Crippen LogP contribution in [0.2, 0.25) is 5.02 Å². The molecule has 3 amide bonds. The molecule has 9 nitrogen and oxygen atoms in total. The van der Waals surface area contributed by atoms with E-state index in [9.17, 15) is 34.1 Å².